The molecule has 4 nitrogen and oxygen atoms in total. The largest absolute Gasteiger partial charge is 0.311 e. The minimum Gasteiger partial charge on any atom is -0.311 e. The van der Waals surface area contributed by atoms with Crippen LogP contribution in [0.4, 0.5) is 0 Å². The van der Waals surface area contributed by atoms with E-state index in [1.807, 2.05) is 10.9 Å². The molecular formula is C13H22N4. The van der Waals surface area contributed by atoms with Gasteiger partial charge in [-0.15, -0.1) is 0 Å². The van der Waals surface area contributed by atoms with E-state index >= 15 is 0 Å². The van der Waals surface area contributed by atoms with Gasteiger partial charge in [0.05, 0.1) is 6.20 Å². The summed E-state index contributed by atoms with van der Waals surface area (Å²) in [4.78, 5) is 2.57. The highest BCUT2D eigenvalue weighted by Crippen LogP contribution is 2.33. The van der Waals surface area contributed by atoms with E-state index in [9.17, 15) is 0 Å². The number of hydrogen-bond acceptors (Lipinski definition) is 3. The lowest BCUT2D eigenvalue weighted by atomic mass is 10.1. The van der Waals surface area contributed by atoms with Crippen LogP contribution in [0.2, 0.25) is 0 Å². The van der Waals surface area contributed by atoms with Gasteiger partial charge in [0.25, 0.3) is 0 Å². The van der Waals surface area contributed by atoms with E-state index in [0.29, 0.717) is 0 Å². The lowest BCUT2D eigenvalue weighted by Crippen LogP contribution is -2.51. The molecule has 4 heteroatoms. The van der Waals surface area contributed by atoms with Crippen LogP contribution in [0.15, 0.2) is 12.4 Å². The van der Waals surface area contributed by atoms with E-state index in [4.69, 9.17) is 0 Å². The predicted octanol–water partition coefficient (Wildman–Crippen LogP) is 1.09. The van der Waals surface area contributed by atoms with Crippen LogP contribution >= 0.6 is 0 Å². The van der Waals surface area contributed by atoms with E-state index in [1.54, 1.807) is 0 Å². The number of aromatic nitrogens is 2. The van der Waals surface area contributed by atoms with Crippen LogP contribution in [-0.2, 0) is 13.1 Å². The summed E-state index contributed by atoms with van der Waals surface area (Å²) in [6.45, 7) is 7.67. The van der Waals surface area contributed by atoms with Crippen molar-refractivity contribution in [2.24, 2.45) is 5.92 Å². The summed E-state index contributed by atoms with van der Waals surface area (Å²) in [5, 5.41) is 7.99. The normalized spacial score (nSPS) is 26.3. The summed E-state index contributed by atoms with van der Waals surface area (Å²) in [5.41, 5.74) is 1.35. The van der Waals surface area contributed by atoms with Gasteiger partial charge in [0, 0.05) is 50.5 Å². The maximum absolute atomic E-state index is 4.34. The van der Waals surface area contributed by atoms with Crippen molar-refractivity contribution < 1.29 is 0 Å². The van der Waals surface area contributed by atoms with Crippen molar-refractivity contribution >= 4 is 0 Å². The molecule has 0 amide bonds. The Morgan fingerprint density at radius 1 is 1.47 bits per heavy atom. The van der Waals surface area contributed by atoms with Gasteiger partial charge >= 0.3 is 0 Å². The molecule has 1 aliphatic carbocycles. The summed E-state index contributed by atoms with van der Waals surface area (Å²) in [6, 6.07) is 0.741. The van der Waals surface area contributed by atoms with Crippen molar-refractivity contribution in [2.75, 3.05) is 19.6 Å². The molecular weight excluding hydrogens is 212 g/mol. The fourth-order valence-corrected chi connectivity index (χ4v) is 2.72. The average Bonchev–Trinajstić information content (AvgIpc) is 3.11. The fourth-order valence-electron chi connectivity index (χ4n) is 2.72. The molecule has 0 spiro atoms. The number of rotatable bonds is 4. The maximum Gasteiger partial charge on any atom is 0.0534 e. The molecule has 2 fully saturated rings. The molecule has 1 saturated heterocycles. The zero-order valence-electron chi connectivity index (χ0n) is 10.6. The lowest BCUT2D eigenvalue weighted by molar-refractivity contribution is 0.181. The highest BCUT2D eigenvalue weighted by Gasteiger charge is 2.33. The number of hydrogen-bond donors (Lipinski definition) is 1. The Kier molecular flexibility index (Phi) is 3.16. The van der Waals surface area contributed by atoms with Crippen molar-refractivity contribution in [3.8, 4) is 0 Å². The summed E-state index contributed by atoms with van der Waals surface area (Å²) < 4.78 is 2.01. The van der Waals surface area contributed by atoms with Crippen LogP contribution in [0.5, 0.6) is 0 Å². The van der Waals surface area contributed by atoms with Crippen molar-refractivity contribution in [3.63, 3.8) is 0 Å². The summed E-state index contributed by atoms with van der Waals surface area (Å²) in [7, 11) is 0. The summed E-state index contributed by atoms with van der Waals surface area (Å²) in [6.07, 6.45) is 7.05. The Morgan fingerprint density at radius 2 is 2.35 bits per heavy atom. The van der Waals surface area contributed by atoms with E-state index in [1.165, 1.54) is 31.5 Å². The quantitative estimate of drug-likeness (QED) is 0.846. The van der Waals surface area contributed by atoms with Gasteiger partial charge < -0.3 is 5.32 Å². The molecule has 1 N–H and O–H groups in total. The first-order valence-corrected chi connectivity index (χ1v) is 6.82. The Hall–Kier alpha value is -0.870. The molecule has 1 aromatic rings. The third-order valence-electron chi connectivity index (χ3n) is 3.90. The fraction of sp³-hybridized carbons (Fsp3) is 0.769. The smallest absolute Gasteiger partial charge is 0.0534 e. The first kappa shape index (κ1) is 11.2. The second-order valence-corrected chi connectivity index (χ2v) is 5.34. The first-order chi connectivity index (χ1) is 8.35. The first-order valence-electron chi connectivity index (χ1n) is 6.82. The number of nitrogens with one attached hydrogen (secondary N) is 1. The molecule has 1 aromatic heterocycles. The van der Waals surface area contributed by atoms with Crippen LogP contribution in [0.25, 0.3) is 0 Å². The maximum atomic E-state index is 4.34. The predicted molar refractivity (Wildman–Crippen MR) is 67.7 cm³/mol. The molecule has 1 saturated carbocycles. The van der Waals surface area contributed by atoms with E-state index in [2.05, 4.69) is 28.4 Å². The Morgan fingerprint density at radius 3 is 3.06 bits per heavy atom. The summed E-state index contributed by atoms with van der Waals surface area (Å²) in [5.74, 6) is 0.955. The van der Waals surface area contributed by atoms with Crippen LogP contribution in [0, 0.1) is 5.92 Å². The van der Waals surface area contributed by atoms with E-state index in [-0.39, 0.29) is 0 Å². The Bertz CT molecular complexity index is 369. The van der Waals surface area contributed by atoms with Crippen LogP contribution < -0.4 is 5.32 Å². The molecule has 2 aliphatic rings. The standard InChI is InChI=1S/C13H22N4/c1-2-17-9-11(7-15-17)8-16-6-5-14-13(10-16)12-3-4-12/h7,9,12-14H,2-6,8,10H2,1H3. The highest BCUT2D eigenvalue weighted by atomic mass is 15.3. The van der Waals surface area contributed by atoms with Crippen molar-refractivity contribution in [2.45, 2.75) is 38.9 Å². The molecule has 1 unspecified atom stereocenters. The number of piperazine rings is 1. The zero-order valence-corrected chi connectivity index (χ0v) is 10.6. The minimum atomic E-state index is 0.741. The second kappa shape index (κ2) is 4.78. The van der Waals surface area contributed by atoms with Crippen LogP contribution in [0.1, 0.15) is 25.3 Å². The minimum absolute atomic E-state index is 0.741. The summed E-state index contributed by atoms with van der Waals surface area (Å²) >= 11 is 0. The Labute approximate surface area is 103 Å². The van der Waals surface area contributed by atoms with Gasteiger partial charge in [0.15, 0.2) is 0 Å². The third-order valence-corrected chi connectivity index (χ3v) is 3.90. The number of aryl methyl sites for hydroxylation is 1. The van der Waals surface area contributed by atoms with Crippen molar-refractivity contribution in [1.29, 1.82) is 0 Å². The van der Waals surface area contributed by atoms with Gasteiger partial charge in [-0.05, 0) is 25.7 Å². The van der Waals surface area contributed by atoms with Crippen LogP contribution in [0.3, 0.4) is 0 Å². The van der Waals surface area contributed by atoms with Crippen LogP contribution in [-0.4, -0.2) is 40.4 Å². The zero-order chi connectivity index (χ0) is 11.7. The van der Waals surface area contributed by atoms with Crippen molar-refractivity contribution in [1.82, 2.24) is 20.0 Å². The number of nitrogens with zero attached hydrogens (tertiary/aromatic N) is 3. The molecule has 1 atom stereocenters. The second-order valence-electron chi connectivity index (χ2n) is 5.34. The molecule has 3 rings (SSSR count). The molecule has 0 radical (unpaired) electrons. The Balaban J connectivity index is 1.56. The topological polar surface area (TPSA) is 33.1 Å². The van der Waals surface area contributed by atoms with Crippen molar-refractivity contribution in [3.05, 3.63) is 18.0 Å². The SMILES string of the molecule is CCn1cc(CN2CCNC(C3CC3)C2)cn1. The lowest BCUT2D eigenvalue weighted by Gasteiger charge is -2.33. The molecule has 0 aromatic carbocycles. The van der Waals surface area contributed by atoms with E-state index in [0.717, 1.165) is 31.6 Å². The molecule has 1 aliphatic heterocycles. The van der Waals surface area contributed by atoms with Gasteiger partial charge in [-0.3, -0.25) is 9.58 Å². The van der Waals surface area contributed by atoms with Gasteiger partial charge in [-0.25, -0.2) is 0 Å². The van der Waals surface area contributed by atoms with Gasteiger partial charge in [-0.1, -0.05) is 0 Å². The van der Waals surface area contributed by atoms with E-state index < -0.39 is 0 Å². The molecule has 2 heterocycles. The highest BCUT2D eigenvalue weighted by molar-refractivity contribution is 5.04. The van der Waals surface area contributed by atoms with Gasteiger partial charge in [0.2, 0.25) is 0 Å². The monoisotopic (exact) mass is 234 g/mol. The molecule has 94 valence electrons. The van der Waals surface area contributed by atoms with Gasteiger partial charge in [0.1, 0.15) is 0 Å². The average molecular weight is 234 g/mol. The molecule has 0 bridgehead atoms. The molecule has 17 heavy (non-hydrogen) atoms. The van der Waals surface area contributed by atoms with Gasteiger partial charge in [-0.2, -0.15) is 5.10 Å². The third kappa shape index (κ3) is 2.69.